The summed E-state index contributed by atoms with van der Waals surface area (Å²) >= 11 is 1.55. The highest BCUT2D eigenvalue weighted by atomic mass is 32.1. The maximum absolute atomic E-state index is 9.89. The molecule has 0 aliphatic rings. The van der Waals surface area contributed by atoms with Crippen molar-refractivity contribution in [1.29, 1.82) is 0 Å². The van der Waals surface area contributed by atoms with Gasteiger partial charge in [0.25, 0.3) is 5.89 Å². The van der Waals surface area contributed by atoms with Gasteiger partial charge in [0.2, 0.25) is 0 Å². The Morgan fingerprint density at radius 1 is 1.35 bits per heavy atom. The number of para-hydroxylation sites is 1. The van der Waals surface area contributed by atoms with Gasteiger partial charge in [-0.2, -0.15) is 4.98 Å². The molecule has 0 atom stereocenters. The Bertz CT molecular complexity index is 750. The number of benzene rings is 1. The Labute approximate surface area is 118 Å². The first-order valence-electron chi connectivity index (χ1n) is 5.95. The topological polar surface area (TPSA) is 98.1 Å². The fourth-order valence-corrected chi connectivity index (χ4v) is 2.56. The van der Waals surface area contributed by atoms with E-state index in [0.29, 0.717) is 17.8 Å². The lowest BCUT2D eigenvalue weighted by molar-refractivity contribution is 0.419. The summed E-state index contributed by atoms with van der Waals surface area (Å²) in [5.41, 5.74) is 7.32. The second-order valence-corrected chi connectivity index (χ2v) is 5.26. The van der Waals surface area contributed by atoms with Crippen molar-refractivity contribution in [3.63, 3.8) is 0 Å². The molecule has 0 saturated carbocycles. The summed E-state index contributed by atoms with van der Waals surface area (Å²) < 4.78 is 5.17. The van der Waals surface area contributed by atoms with Gasteiger partial charge in [0.05, 0.1) is 17.7 Å². The number of aromatic nitrogens is 3. The molecule has 0 amide bonds. The smallest absolute Gasteiger partial charge is 0.261 e. The molecule has 102 valence electrons. The van der Waals surface area contributed by atoms with Crippen LogP contribution in [0.2, 0.25) is 0 Å². The van der Waals surface area contributed by atoms with E-state index in [2.05, 4.69) is 15.1 Å². The first-order chi connectivity index (χ1) is 9.63. The lowest BCUT2D eigenvalue weighted by Gasteiger charge is -2.01. The number of nitrogens with two attached hydrogens (primary N) is 1. The molecule has 20 heavy (non-hydrogen) atoms. The zero-order valence-electron chi connectivity index (χ0n) is 10.7. The second kappa shape index (κ2) is 4.93. The number of hydrogen-bond donors (Lipinski definition) is 2. The van der Waals surface area contributed by atoms with Crippen molar-refractivity contribution >= 4 is 17.0 Å². The highest BCUT2D eigenvalue weighted by Crippen LogP contribution is 2.32. The van der Waals surface area contributed by atoms with Crippen molar-refractivity contribution in [3.8, 4) is 17.2 Å². The van der Waals surface area contributed by atoms with Crippen molar-refractivity contribution in [2.75, 3.05) is 5.73 Å². The highest BCUT2D eigenvalue weighted by Gasteiger charge is 2.15. The molecule has 3 rings (SSSR count). The van der Waals surface area contributed by atoms with E-state index < -0.39 is 0 Å². The van der Waals surface area contributed by atoms with Crippen LogP contribution in [0.3, 0.4) is 0 Å². The maximum atomic E-state index is 9.89. The Hall–Kier alpha value is -2.41. The van der Waals surface area contributed by atoms with Crippen LogP contribution in [0.4, 0.5) is 5.69 Å². The number of aryl methyl sites for hydroxylation is 1. The van der Waals surface area contributed by atoms with Crippen LogP contribution in [-0.2, 0) is 6.42 Å². The van der Waals surface area contributed by atoms with Crippen LogP contribution < -0.4 is 5.73 Å². The molecule has 0 saturated heterocycles. The van der Waals surface area contributed by atoms with Crippen molar-refractivity contribution in [2.45, 2.75) is 13.3 Å². The van der Waals surface area contributed by atoms with Crippen molar-refractivity contribution < 1.29 is 9.63 Å². The summed E-state index contributed by atoms with van der Waals surface area (Å²) in [6.07, 6.45) is 0.505. The number of hydrogen-bond acceptors (Lipinski definition) is 7. The second-order valence-electron chi connectivity index (χ2n) is 4.32. The Morgan fingerprint density at radius 2 is 2.20 bits per heavy atom. The molecule has 2 heterocycles. The van der Waals surface area contributed by atoms with Gasteiger partial charge in [-0.3, -0.25) is 0 Å². The molecule has 0 fully saturated rings. The molecule has 0 unspecified atom stereocenters. The van der Waals surface area contributed by atoms with Gasteiger partial charge in [-0.1, -0.05) is 11.2 Å². The molecule has 6 nitrogen and oxygen atoms in total. The third kappa shape index (κ3) is 2.35. The van der Waals surface area contributed by atoms with Gasteiger partial charge in [-0.25, -0.2) is 4.98 Å². The summed E-state index contributed by atoms with van der Waals surface area (Å²) in [6.45, 7) is 1.94. The Morgan fingerprint density at radius 3 is 2.95 bits per heavy atom. The molecular weight excluding hydrogens is 276 g/mol. The van der Waals surface area contributed by atoms with Gasteiger partial charge in [0.15, 0.2) is 11.6 Å². The molecule has 0 bridgehead atoms. The number of phenolic OH excluding ortho intramolecular Hbond substituents is 1. The van der Waals surface area contributed by atoms with Crippen LogP contribution >= 0.6 is 11.3 Å². The normalized spacial score (nSPS) is 10.8. The van der Waals surface area contributed by atoms with E-state index in [9.17, 15) is 5.11 Å². The van der Waals surface area contributed by atoms with Gasteiger partial charge < -0.3 is 15.4 Å². The first-order valence-corrected chi connectivity index (χ1v) is 6.83. The van der Waals surface area contributed by atoms with Crippen LogP contribution in [0.15, 0.2) is 28.1 Å². The van der Waals surface area contributed by atoms with Gasteiger partial charge in [0.1, 0.15) is 5.01 Å². The zero-order valence-corrected chi connectivity index (χ0v) is 11.5. The van der Waals surface area contributed by atoms with Gasteiger partial charge in [-0.05, 0) is 19.1 Å². The van der Waals surface area contributed by atoms with Gasteiger partial charge >= 0.3 is 0 Å². The maximum Gasteiger partial charge on any atom is 0.261 e. The fraction of sp³-hybridized carbons (Fsp3) is 0.154. The summed E-state index contributed by atoms with van der Waals surface area (Å²) in [5, 5.41) is 16.7. The lowest BCUT2D eigenvalue weighted by Crippen LogP contribution is -1.91. The molecule has 0 spiro atoms. The molecule has 3 N–H and O–H groups in total. The number of phenols is 1. The molecule has 7 heteroatoms. The first kappa shape index (κ1) is 12.6. The van der Waals surface area contributed by atoms with E-state index in [1.165, 1.54) is 0 Å². The molecular formula is C13H12N4O2S. The van der Waals surface area contributed by atoms with Gasteiger partial charge in [0, 0.05) is 11.1 Å². The standard InChI is InChI=1S/C13H12N4O2S/c1-7-6-20-11(15-7)5-10-16-13(19-17-10)8-3-2-4-9(14)12(8)18/h2-4,6,18H,5,14H2,1H3. The number of aromatic hydroxyl groups is 1. The van der Waals surface area contributed by atoms with Crippen molar-refractivity contribution in [1.82, 2.24) is 15.1 Å². The molecule has 3 aromatic rings. The highest BCUT2D eigenvalue weighted by molar-refractivity contribution is 7.09. The minimum absolute atomic E-state index is 0.0483. The monoisotopic (exact) mass is 288 g/mol. The molecule has 1 aromatic carbocycles. The third-order valence-corrected chi connectivity index (χ3v) is 3.71. The van der Waals surface area contributed by atoms with E-state index in [0.717, 1.165) is 10.7 Å². The average Bonchev–Trinajstić information content (AvgIpc) is 3.03. The van der Waals surface area contributed by atoms with Crippen LogP contribution in [0.25, 0.3) is 11.5 Å². The van der Waals surface area contributed by atoms with E-state index in [1.807, 2.05) is 12.3 Å². The number of thiazole rings is 1. The lowest BCUT2D eigenvalue weighted by atomic mass is 10.2. The van der Waals surface area contributed by atoms with Crippen LogP contribution in [0, 0.1) is 6.92 Å². The fourth-order valence-electron chi connectivity index (χ4n) is 1.79. The summed E-state index contributed by atoms with van der Waals surface area (Å²) in [7, 11) is 0. The number of rotatable bonds is 3. The van der Waals surface area contributed by atoms with E-state index >= 15 is 0 Å². The predicted octanol–water partition coefficient (Wildman–Crippen LogP) is 2.38. The molecule has 0 aliphatic carbocycles. The number of anilines is 1. The quantitative estimate of drug-likeness (QED) is 0.567. The van der Waals surface area contributed by atoms with E-state index in [4.69, 9.17) is 10.3 Å². The summed E-state index contributed by atoms with van der Waals surface area (Å²) in [4.78, 5) is 8.61. The molecule has 2 aromatic heterocycles. The number of nitrogen functional groups attached to an aromatic ring is 1. The average molecular weight is 288 g/mol. The predicted molar refractivity (Wildman–Crippen MR) is 75.5 cm³/mol. The van der Waals surface area contributed by atoms with Crippen LogP contribution in [0.5, 0.6) is 5.75 Å². The van der Waals surface area contributed by atoms with Crippen LogP contribution in [-0.4, -0.2) is 20.2 Å². The summed E-state index contributed by atoms with van der Waals surface area (Å²) in [5.74, 6) is 0.724. The molecule has 0 radical (unpaired) electrons. The Balaban J connectivity index is 1.88. The van der Waals surface area contributed by atoms with Crippen LogP contribution in [0.1, 0.15) is 16.5 Å². The minimum Gasteiger partial charge on any atom is -0.505 e. The van der Waals surface area contributed by atoms with Gasteiger partial charge in [-0.15, -0.1) is 11.3 Å². The van der Waals surface area contributed by atoms with Crippen molar-refractivity contribution in [2.24, 2.45) is 0 Å². The molecule has 0 aliphatic heterocycles. The minimum atomic E-state index is -0.0483. The van der Waals surface area contributed by atoms with E-state index in [-0.39, 0.29) is 17.3 Å². The number of nitrogens with zero attached hydrogens (tertiary/aromatic N) is 3. The largest absolute Gasteiger partial charge is 0.505 e. The SMILES string of the molecule is Cc1csc(Cc2noc(-c3cccc(N)c3O)n2)n1. The van der Waals surface area contributed by atoms with E-state index in [1.54, 1.807) is 29.5 Å². The Kier molecular flexibility index (Phi) is 3.11. The third-order valence-electron chi connectivity index (χ3n) is 2.74. The summed E-state index contributed by atoms with van der Waals surface area (Å²) in [6, 6.07) is 5.00. The van der Waals surface area contributed by atoms with Crippen molar-refractivity contribution in [3.05, 3.63) is 40.1 Å². The zero-order chi connectivity index (χ0) is 14.1.